The summed E-state index contributed by atoms with van der Waals surface area (Å²) >= 11 is 0. The van der Waals surface area contributed by atoms with Crippen molar-refractivity contribution in [3.05, 3.63) is 120 Å². The Morgan fingerprint density at radius 3 is 2.31 bits per heavy atom. The number of hydrogen-bond donors (Lipinski definition) is 0. The molecule has 0 unspecified atom stereocenters. The molecule has 8 rings (SSSR count). The molecule has 0 saturated heterocycles. The molecular formula is C34H24N2. The molecule has 2 nitrogen and oxygen atoms in total. The SMILES string of the molecule is CC1(C)c2ccccc2-c2c3c1cccc3cc1c3c4ccccc4ccc3n(-c3ccccn3)c21. The van der Waals surface area contributed by atoms with Crippen LogP contribution in [0.25, 0.3) is 60.3 Å². The lowest BCUT2D eigenvalue weighted by atomic mass is 9.68. The zero-order valence-corrected chi connectivity index (χ0v) is 20.3. The quantitative estimate of drug-likeness (QED) is 0.239. The van der Waals surface area contributed by atoms with E-state index in [-0.39, 0.29) is 5.41 Å². The first-order valence-corrected chi connectivity index (χ1v) is 12.6. The highest BCUT2D eigenvalue weighted by atomic mass is 15.1. The molecule has 0 atom stereocenters. The largest absolute Gasteiger partial charge is 0.293 e. The molecule has 0 saturated carbocycles. The van der Waals surface area contributed by atoms with Gasteiger partial charge in [-0.2, -0.15) is 0 Å². The van der Waals surface area contributed by atoms with Gasteiger partial charge in [0.05, 0.1) is 11.0 Å². The van der Waals surface area contributed by atoms with Crippen LogP contribution in [0.5, 0.6) is 0 Å². The van der Waals surface area contributed by atoms with Crippen molar-refractivity contribution in [2.75, 3.05) is 0 Å². The number of pyridine rings is 1. The van der Waals surface area contributed by atoms with Gasteiger partial charge in [-0.15, -0.1) is 0 Å². The lowest BCUT2D eigenvalue weighted by Gasteiger charge is -2.35. The van der Waals surface area contributed by atoms with Crippen LogP contribution < -0.4 is 0 Å². The fraction of sp³-hybridized carbons (Fsp3) is 0.0882. The van der Waals surface area contributed by atoms with Crippen molar-refractivity contribution in [1.82, 2.24) is 9.55 Å². The maximum atomic E-state index is 4.84. The molecule has 0 N–H and O–H groups in total. The van der Waals surface area contributed by atoms with E-state index < -0.39 is 0 Å². The van der Waals surface area contributed by atoms with Crippen molar-refractivity contribution in [2.45, 2.75) is 19.3 Å². The van der Waals surface area contributed by atoms with E-state index in [1.165, 1.54) is 65.6 Å². The fourth-order valence-electron chi connectivity index (χ4n) is 6.62. The Labute approximate surface area is 209 Å². The van der Waals surface area contributed by atoms with Crippen LogP contribution in [-0.4, -0.2) is 9.55 Å². The summed E-state index contributed by atoms with van der Waals surface area (Å²) in [6, 6.07) is 37.6. The second-order valence-corrected chi connectivity index (χ2v) is 10.4. The molecule has 1 aliphatic carbocycles. The summed E-state index contributed by atoms with van der Waals surface area (Å²) in [4.78, 5) is 4.84. The average Bonchev–Trinajstić information content (AvgIpc) is 3.26. The van der Waals surface area contributed by atoms with E-state index in [1.54, 1.807) is 0 Å². The molecule has 0 aliphatic heterocycles. The summed E-state index contributed by atoms with van der Waals surface area (Å²) in [7, 11) is 0. The van der Waals surface area contributed by atoms with Crippen LogP contribution in [0.15, 0.2) is 109 Å². The Hall–Kier alpha value is -4.43. The van der Waals surface area contributed by atoms with E-state index in [1.807, 2.05) is 12.3 Å². The molecule has 2 heteroatoms. The number of hydrogen-bond acceptors (Lipinski definition) is 1. The minimum Gasteiger partial charge on any atom is -0.293 e. The normalized spacial score (nSPS) is 14.1. The van der Waals surface area contributed by atoms with Crippen LogP contribution in [0.2, 0.25) is 0 Å². The van der Waals surface area contributed by atoms with Crippen LogP contribution in [-0.2, 0) is 5.41 Å². The molecule has 2 heterocycles. The molecular weight excluding hydrogens is 436 g/mol. The third-order valence-electron chi connectivity index (χ3n) is 8.20. The van der Waals surface area contributed by atoms with E-state index in [0.717, 1.165) is 5.82 Å². The predicted octanol–water partition coefficient (Wildman–Crippen LogP) is 8.79. The fourth-order valence-corrected chi connectivity index (χ4v) is 6.62. The van der Waals surface area contributed by atoms with Crippen molar-refractivity contribution < 1.29 is 0 Å². The van der Waals surface area contributed by atoms with Crippen molar-refractivity contribution in [3.63, 3.8) is 0 Å². The predicted molar refractivity (Wildman–Crippen MR) is 151 cm³/mol. The topological polar surface area (TPSA) is 17.8 Å². The van der Waals surface area contributed by atoms with Crippen molar-refractivity contribution in [3.8, 4) is 16.9 Å². The molecule has 1 aliphatic rings. The molecule has 0 radical (unpaired) electrons. The van der Waals surface area contributed by atoms with E-state index in [9.17, 15) is 0 Å². The zero-order chi connectivity index (χ0) is 24.0. The number of benzene rings is 5. The molecule has 170 valence electrons. The Morgan fingerprint density at radius 2 is 1.42 bits per heavy atom. The molecule has 2 aromatic heterocycles. The van der Waals surface area contributed by atoms with Crippen LogP contribution in [0.3, 0.4) is 0 Å². The van der Waals surface area contributed by atoms with Gasteiger partial charge >= 0.3 is 0 Å². The smallest absolute Gasteiger partial charge is 0.137 e. The summed E-state index contributed by atoms with van der Waals surface area (Å²) in [5.74, 6) is 0.947. The maximum absolute atomic E-state index is 4.84. The highest BCUT2D eigenvalue weighted by Gasteiger charge is 2.35. The van der Waals surface area contributed by atoms with E-state index in [2.05, 4.69) is 115 Å². The average molecular weight is 461 g/mol. The van der Waals surface area contributed by atoms with Gasteiger partial charge in [0.25, 0.3) is 0 Å². The summed E-state index contributed by atoms with van der Waals surface area (Å²) in [5, 5.41) is 7.76. The second-order valence-electron chi connectivity index (χ2n) is 10.4. The van der Waals surface area contributed by atoms with Gasteiger partial charge in [-0.1, -0.05) is 92.7 Å². The highest BCUT2D eigenvalue weighted by molar-refractivity contribution is 6.28. The van der Waals surface area contributed by atoms with Crippen molar-refractivity contribution in [2.24, 2.45) is 0 Å². The summed E-state index contributed by atoms with van der Waals surface area (Å²) in [6.07, 6.45) is 1.89. The van der Waals surface area contributed by atoms with Crippen LogP contribution in [0.4, 0.5) is 0 Å². The Kier molecular flexibility index (Phi) is 3.76. The molecule has 0 spiro atoms. The number of rotatable bonds is 1. The van der Waals surface area contributed by atoms with Crippen molar-refractivity contribution >= 4 is 43.4 Å². The molecule has 7 aromatic rings. The maximum Gasteiger partial charge on any atom is 0.137 e. The number of nitrogens with zero attached hydrogens (tertiary/aromatic N) is 2. The lowest BCUT2D eigenvalue weighted by Crippen LogP contribution is -2.23. The first-order valence-electron chi connectivity index (χ1n) is 12.6. The van der Waals surface area contributed by atoms with Crippen LogP contribution >= 0.6 is 0 Å². The summed E-state index contributed by atoms with van der Waals surface area (Å²) in [6.45, 7) is 4.71. The van der Waals surface area contributed by atoms with Gasteiger partial charge in [0, 0.05) is 27.9 Å². The van der Waals surface area contributed by atoms with Gasteiger partial charge in [0.1, 0.15) is 5.82 Å². The summed E-state index contributed by atoms with van der Waals surface area (Å²) < 4.78 is 2.39. The molecule has 0 fully saturated rings. The van der Waals surface area contributed by atoms with Gasteiger partial charge < -0.3 is 0 Å². The summed E-state index contributed by atoms with van der Waals surface area (Å²) in [5.41, 5.74) is 7.75. The van der Waals surface area contributed by atoms with Gasteiger partial charge in [-0.05, 0) is 62.5 Å². The molecule has 0 bridgehead atoms. The van der Waals surface area contributed by atoms with Gasteiger partial charge in [-0.25, -0.2) is 4.98 Å². The first-order chi connectivity index (χ1) is 17.6. The Bertz CT molecular complexity index is 2010. The third kappa shape index (κ3) is 2.39. The van der Waals surface area contributed by atoms with Crippen LogP contribution in [0, 0.1) is 0 Å². The second kappa shape index (κ2) is 6.83. The van der Waals surface area contributed by atoms with E-state index in [4.69, 9.17) is 4.98 Å². The van der Waals surface area contributed by atoms with Crippen molar-refractivity contribution in [1.29, 1.82) is 0 Å². The highest BCUT2D eigenvalue weighted by Crippen LogP contribution is 2.53. The first kappa shape index (κ1) is 19.8. The third-order valence-corrected chi connectivity index (χ3v) is 8.20. The minimum absolute atomic E-state index is 0.0781. The zero-order valence-electron chi connectivity index (χ0n) is 20.3. The van der Waals surface area contributed by atoms with Gasteiger partial charge in [0.15, 0.2) is 0 Å². The molecule has 36 heavy (non-hydrogen) atoms. The Morgan fingerprint density at radius 1 is 0.639 bits per heavy atom. The monoisotopic (exact) mass is 460 g/mol. The molecule has 5 aromatic carbocycles. The minimum atomic E-state index is -0.0781. The standard InChI is InChI=1S/C34H24N2/c1-34(2)26-14-6-5-13-24(26)32-30-22(11-9-15-27(30)34)20-25-31-23-12-4-3-10-21(23)17-18-28(31)36(33(25)32)29-16-7-8-19-35-29/h3-20H,1-2H3. The van der Waals surface area contributed by atoms with Gasteiger partial charge in [0.2, 0.25) is 0 Å². The number of aromatic nitrogens is 2. The molecule has 0 amide bonds. The van der Waals surface area contributed by atoms with Crippen LogP contribution in [0.1, 0.15) is 25.0 Å². The van der Waals surface area contributed by atoms with E-state index >= 15 is 0 Å². The Balaban J connectivity index is 1.73. The lowest BCUT2D eigenvalue weighted by molar-refractivity contribution is 0.645. The number of fused-ring (bicyclic) bond motifs is 8. The van der Waals surface area contributed by atoms with E-state index in [0.29, 0.717) is 0 Å². The van der Waals surface area contributed by atoms with Gasteiger partial charge in [-0.3, -0.25) is 4.57 Å².